The number of allylic oxidation sites excluding steroid dienone is 6. The van der Waals surface area contributed by atoms with Crippen LogP contribution in [0.15, 0.2) is 47.6 Å². The number of rotatable bonds is 2. The van der Waals surface area contributed by atoms with Crippen molar-refractivity contribution in [2.45, 2.75) is 6.10 Å². The monoisotopic (exact) mass is 255 g/mol. The van der Waals surface area contributed by atoms with E-state index in [2.05, 4.69) is 0 Å². The lowest BCUT2D eigenvalue weighted by Crippen LogP contribution is -2.50. The Morgan fingerprint density at radius 3 is 2.21 bits per heavy atom. The van der Waals surface area contributed by atoms with Crippen molar-refractivity contribution in [1.29, 1.82) is 0 Å². The number of nitrogens with zero attached hydrogens (tertiary/aromatic N) is 1. The van der Waals surface area contributed by atoms with Gasteiger partial charge in [-0.2, -0.15) is 0 Å². The fraction of sp³-hybridized carbons (Fsp3) is 0.333. The summed E-state index contributed by atoms with van der Waals surface area (Å²) in [6, 6.07) is 0. The van der Waals surface area contributed by atoms with E-state index in [-0.39, 0.29) is 29.8 Å². The Morgan fingerprint density at radius 2 is 1.68 bits per heavy atom. The normalized spacial score (nSPS) is 34.9. The number of imide groups is 1. The van der Waals surface area contributed by atoms with Gasteiger partial charge in [-0.15, -0.1) is 0 Å². The average molecular weight is 255 g/mol. The summed E-state index contributed by atoms with van der Waals surface area (Å²) in [6.07, 6.45) is 11.6. The van der Waals surface area contributed by atoms with E-state index in [0.29, 0.717) is 13.2 Å². The number of hydrogen-bond donors (Lipinski definition) is 0. The molecule has 0 aromatic heterocycles. The molecule has 0 saturated carbocycles. The first kappa shape index (κ1) is 10.9. The summed E-state index contributed by atoms with van der Waals surface area (Å²) in [5.41, 5.74) is 1.45. The SMILES string of the molecule is O=C1C2=CC=CC3C=CC=C(C(=O)N1CC1CO1)C23. The second kappa shape index (κ2) is 3.78. The van der Waals surface area contributed by atoms with Gasteiger partial charge in [-0.1, -0.05) is 36.5 Å². The Labute approximate surface area is 110 Å². The van der Waals surface area contributed by atoms with E-state index in [1.165, 1.54) is 4.90 Å². The van der Waals surface area contributed by atoms with Crippen molar-refractivity contribution in [3.05, 3.63) is 47.6 Å². The third-order valence-corrected chi connectivity index (χ3v) is 4.05. The van der Waals surface area contributed by atoms with Gasteiger partial charge >= 0.3 is 0 Å². The first-order valence-electron chi connectivity index (χ1n) is 6.50. The van der Waals surface area contributed by atoms with Gasteiger partial charge in [-0.25, -0.2) is 0 Å². The smallest absolute Gasteiger partial charge is 0.257 e. The summed E-state index contributed by atoms with van der Waals surface area (Å²) in [5, 5.41) is 0. The Balaban J connectivity index is 1.77. The first-order chi connectivity index (χ1) is 9.25. The van der Waals surface area contributed by atoms with Crippen molar-refractivity contribution in [2.24, 2.45) is 11.8 Å². The number of epoxide rings is 1. The van der Waals surface area contributed by atoms with Crippen LogP contribution >= 0.6 is 0 Å². The highest BCUT2D eigenvalue weighted by molar-refractivity contribution is 6.15. The van der Waals surface area contributed by atoms with Crippen molar-refractivity contribution in [3.8, 4) is 0 Å². The standard InChI is InChI=1S/C15H13NO3/c17-14-11-5-1-3-9-4-2-6-12(13(9)11)15(18)16(14)7-10-8-19-10/h1-6,9-10,13H,7-8H2. The maximum atomic E-state index is 12.5. The van der Waals surface area contributed by atoms with Gasteiger partial charge < -0.3 is 4.74 Å². The van der Waals surface area contributed by atoms with Crippen LogP contribution in [0.3, 0.4) is 0 Å². The third kappa shape index (κ3) is 1.56. The van der Waals surface area contributed by atoms with Crippen LogP contribution in [0.2, 0.25) is 0 Å². The summed E-state index contributed by atoms with van der Waals surface area (Å²) < 4.78 is 5.13. The van der Waals surface area contributed by atoms with Crippen LogP contribution in [-0.2, 0) is 14.3 Å². The zero-order valence-electron chi connectivity index (χ0n) is 10.3. The molecular formula is C15H13NO3. The van der Waals surface area contributed by atoms with Crippen molar-refractivity contribution in [3.63, 3.8) is 0 Å². The number of amides is 2. The van der Waals surface area contributed by atoms with Gasteiger partial charge in [0.25, 0.3) is 11.8 Å². The molecule has 2 heterocycles. The van der Waals surface area contributed by atoms with Gasteiger partial charge in [0.1, 0.15) is 0 Å². The average Bonchev–Trinajstić information content (AvgIpc) is 3.25. The molecule has 2 fully saturated rings. The minimum atomic E-state index is -0.160. The van der Waals surface area contributed by atoms with Gasteiger partial charge in [0.15, 0.2) is 0 Å². The quantitative estimate of drug-likeness (QED) is 0.546. The minimum absolute atomic E-state index is 0.0275. The molecule has 0 N–H and O–H groups in total. The highest BCUT2D eigenvalue weighted by Gasteiger charge is 2.46. The predicted molar refractivity (Wildman–Crippen MR) is 67.9 cm³/mol. The molecule has 0 aromatic carbocycles. The zero-order chi connectivity index (χ0) is 13.0. The Hall–Kier alpha value is -1.94. The molecule has 0 spiro atoms. The van der Waals surface area contributed by atoms with Crippen molar-refractivity contribution in [2.75, 3.05) is 13.2 Å². The van der Waals surface area contributed by atoms with Gasteiger partial charge in [0.2, 0.25) is 0 Å². The fourth-order valence-corrected chi connectivity index (χ4v) is 3.01. The van der Waals surface area contributed by atoms with Crippen molar-refractivity contribution >= 4 is 11.8 Å². The summed E-state index contributed by atoms with van der Waals surface area (Å²) in [5.74, 6) is -0.279. The molecule has 0 radical (unpaired) electrons. The first-order valence-corrected chi connectivity index (χ1v) is 6.50. The molecule has 4 heteroatoms. The molecule has 2 saturated heterocycles. The summed E-state index contributed by atoms with van der Waals surface area (Å²) in [7, 11) is 0. The molecule has 1 unspecified atom stereocenters. The van der Waals surface area contributed by atoms with Gasteiger partial charge in [0.05, 0.1) is 19.3 Å². The van der Waals surface area contributed by atoms with Crippen LogP contribution in [0, 0.1) is 11.8 Å². The van der Waals surface area contributed by atoms with Crippen LogP contribution in [0.5, 0.6) is 0 Å². The van der Waals surface area contributed by atoms with E-state index >= 15 is 0 Å². The molecule has 19 heavy (non-hydrogen) atoms. The molecule has 1 atom stereocenters. The molecule has 4 nitrogen and oxygen atoms in total. The van der Waals surface area contributed by atoms with E-state index in [1.807, 2.05) is 36.5 Å². The van der Waals surface area contributed by atoms with Crippen LogP contribution in [-0.4, -0.2) is 36.0 Å². The fourth-order valence-electron chi connectivity index (χ4n) is 3.01. The number of carbonyl (C=O) groups excluding carboxylic acids is 2. The van der Waals surface area contributed by atoms with Crippen molar-refractivity contribution < 1.29 is 14.3 Å². The zero-order valence-corrected chi connectivity index (χ0v) is 10.3. The van der Waals surface area contributed by atoms with E-state index in [0.717, 1.165) is 11.1 Å². The molecular weight excluding hydrogens is 242 g/mol. The molecule has 4 rings (SSSR count). The Bertz CT molecular complexity index is 549. The highest BCUT2D eigenvalue weighted by Crippen LogP contribution is 2.41. The van der Waals surface area contributed by atoms with Crippen LogP contribution in [0.1, 0.15) is 0 Å². The molecule has 2 aliphatic carbocycles. The number of carbonyl (C=O) groups is 2. The number of likely N-dealkylation sites (tertiary alicyclic amines) is 1. The molecule has 96 valence electrons. The largest absolute Gasteiger partial charge is 0.371 e. The summed E-state index contributed by atoms with van der Waals surface area (Å²) >= 11 is 0. The lowest BCUT2D eigenvalue weighted by molar-refractivity contribution is -0.143. The Kier molecular flexibility index (Phi) is 2.17. The predicted octanol–water partition coefficient (Wildman–Crippen LogP) is 0.979. The second-order valence-corrected chi connectivity index (χ2v) is 5.25. The molecule has 2 amide bonds. The maximum Gasteiger partial charge on any atom is 0.257 e. The number of piperidine rings is 1. The highest BCUT2D eigenvalue weighted by atomic mass is 16.6. The van der Waals surface area contributed by atoms with E-state index in [9.17, 15) is 9.59 Å². The van der Waals surface area contributed by atoms with Crippen molar-refractivity contribution in [1.82, 2.24) is 4.90 Å². The van der Waals surface area contributed by atoms with E-state index in [1.54, 1.807) is 0 Å². The van der Waals surface area contributed by atoms with Crippen LogP contribution in [0.25, 0.3) is 0 Å². The van der Waals surface area contributed by atoms with Gasteiger partial charge in [-0.05, 0) is 0 Å². The van der Waals surface area contributed by atoms with Gasteiger partial charge in [-0.3, -0.25) is 14.5 Å². The number of hydrogen-bond acceptors (Lipinski definition) is 3. The lowest BCUT2D eigenvalue weighted by Gasteiger charge is -2.38. The molecule has 0 aromatic rings. The second-order valence-electron chi connectivity index (χ2n) is 5.25. The maximum absolute atomic E-state index is 12.5. The minimum Gasteiger partial charge on any atom is -0.371 e. The molecule has 4 aliphatic rings. The number of ether oxygens (including phenoxy) is 1. The van der Waals surface area contributed by atoms with E-state index < -0.39 is 0 Å². The Morgan fingerprint density at radius 1 is 1.11 bits per heavy atom. The van der Waals surface area contributed by atoms with Crippen LogP contribution < -0.4 is 0 Å². The summed E-state index contributed by atoms with van der Waals surface area (Å²) in [6.45, 7) is 1.01. The third-order valence-electron chi connectivity index (χ3n) is 4.05. The van der Waals surface area contributed by atoms with E-state index in [4.69, 9.17) is 4.74 Å². The molecule has 2 aliphatic heterocycles. The van der Waals surface area contributed by atoms with Crippen LogP contribution in [0.4, 0.5) is 0 Å². The lowest BCUT2D eigenvalue weighted by atomic mass is 9.72. The summed E-state index contributed by atoms with van der Waals surface area (Å²) in [4.78, 5) is 26.3. The van der Waals surface area contributed by atoms with Gasteiger partial charge in [0, 0.05) is 23.0 Å². The molecule has 0 bridgehead atoms. The topological polar surface area (TPSA) is 49.9 Å².